The van der Waals surface area contributed by atoms with Gasteiger partial charge in [0.25, 0.3) is 0 Å². The molecule has 0 atom stereocenters. The normalized spacial score (nSPS) is 10.7. The van der Waals surface area contributed by atoms with Crippen molar-refractivity contribution in [1.82, 2.24) is 15.2 Å². The lowest BCUT2D eigenvalue weighted by atomic mass is 10.3. The fraction of sp³-hybridized carbons (Fsp3) is 0.250. The molecule has 2 aromatic heterocycles. The van der Waals surface area contributed by atoms with Crippen molar-refractivity contribution in [2.24, 2.45) is 0 Å². The number of nitrogens with one attached hydrogen (secondary N) is 1. The van der Waals surface area contributed by atoms with Crippen molar-refractivity contribution in [2.45, 2.75) is 20.1 Å². The fourth-order valence-electron chi connectivity index (χ4n) is 2.00. The highest BCUT2D eigenvalue weighted by Crippen LogP contribution is 2.20. The van der Waals surface area contributed by atoms with Crippen LogP contribution in [-0.2, 0) is 13.2 Å². The molecule has 0 unspecified atom stereocenters. The van der Waals surface area contributed by atoms with E-state index in [0.717, 1.165) is 5.75 Å². The van der Waals surface area contributed by atoms with Gasteiger partial charge in [-0.3, -0.25) is 5.10 Å². The molecule has 3 rings (SSSR count). The standard InChI is InChI=1S/C16H17N3O4/c1-2-21-11-3-5-12(6-4-11)22-10-15-17-16(19-18-15)14-8-7-13(9-20)23-14/h3-8,20H,2,9-10H2,1H3,(H,17,18,19). The van der Waals surface area contributed by atoms with E-state index in [0.29, 0.717) is 35.5 Å². The Morgan fingerprint density at radius 3 is 2.48 bits per heavy atom. The van der Waals surface area contributed by atoms with Gasteiger partial charge in [0.2, 0.25) is 5.82 Å². The second kappa shape index (κ2) is 6.97. The first-order valence-electron chi connectivity index (χ1n) is 7.25. The highest BCUT2D eigenvalue weighted by atomic mass is 16.5. The largest absolute Gasteiger partial charge is 0.494 e. The Labute approximate surface area is 132 Å². The number of nitrogens with zero attached hydrogens (tertiary/aromatic N) is 2. The summed E-state index contributed by atoms with van der Waals surface area (Å²) in [7, 11) is 0. The van der Waals surface area contributed by atoms with Crippen molar-refractivity contribution in [3.63, 3.8) is 0 Å². The minimum absolute atomic E-state index is 0.155. The van der Waals surface area contributed by atoms with E-state index >= 15 is 0 Å². The highest BCUT2D eigenvalue weighted by molar-refractivity contribution is 5.46. The van der Waals surface area contributed by atoms with Crippen molar-refractivity contribution in [1.29, 1.82) is 0 Å². The van der Waals surface area contributed by atoms with Crippen molar-refractivity contribution >= 4 is 0 Å². The van der Waals surface area contributed by atoms with Gasteiger partial charge in [0.05, 0.1) is 6.61 Å². The molecule has 0 saturated carbocycles. The van der Waals surface area contributed by atoms with Crippen LogP contribution in [-0.4, -0.2) is 26.9 Å². The average Bonchev–Trinajstić information content (AvgIpc) is 3.23. The summed E-state index contributed by atoms with van der Waals surface area (Å²) in [5.41, 5.74) is 0. The van der Waals surface area contributed by atoms with Gasteiger partial charge in [0.15, 0.2) is 11.6 Å². The van der Waals surface area contributed by atoms with Gasteiger partial charge in [0.1, 0.15) is 30.5 Å². The molecule has 2 heterocycles. The molecule has 0 amide bonds. The van der Waals surface area contributed by atoms with Crippen molar-refractivity contribution < 1.29 is 19.0 Å². The summed E-state index contributed by atoms with van der Waals surface area (Å²) in [6.07, 6.45) is 0. The molecule has 0 fully saturated rings. The molecule has 0 aliphatic heterocycles. The minimum Gasteiger partial charge on any atom is -0.494 e. The lowest BCUT2D eigenvalue weighted by Crippen LogP contribution is -1.98. The van der Waals surface area contributed by atoms with Gasteiger partial charge in [-0.15, -0.1) is 5.10 Å². The van der Waals surface area contributed by atoms with Crippen LogP contribution >= 0.6 is 0 Å². The monoisotopic (exact) mass is 315 g/mol. The Kier molecular flexibility index (Phi) is 4.58. The van der Waals surface area contributed by atoms with E-state index in [1.165, 1.54) is 0 Å². The number of benzene rings is 1. The molecule has 7 nitrogen and oxygen atoms in total. The van der Waals surface area contributed by atoms with Crippen LogP contribution in [0.15, 0.2) is 40.8 Å². The molecule has 0 saturated heterocycles. The lowest BCUT2D eigenvalue weighted by Gasteiger charge is -2.06. The zero-order valence-corrected chi connectivity index (χ0v) is 12.7. The molecule has 0 aliphatic carbocycles. The van der Waals surface area contributed by atoms with Gasteiger partial charge >= 0.3 is 0 Å². The second-order valence-electron chi connectivity index (χ2n) is 4.72. The molecule has 7 heteroatoms. The smallest absolute Gasteiger partial charge is 0.217 e. The first-order valence-corrected chi connectivity index (χ1v) is 7.25. The Bertz CT molecular complexity index is 749. The van der Waals surface area contributed by atoms with Crippen LogP contribution in [0.1, 0.15) is 18.5 Å². The maximum absolute atomic E-state index is 9.00. The maximum Gasteiger partial charge on any atom is 0.217 e. The minimum atomic E-state index is -0.155. The molecule has 23 heavy (non-hydrogen) atoms. The number of ether oxygens (including phenoxy) is 2. The van der Waals surface area contributed by atoms with Crippen LogP contribution in [0.4, 0.5) is 0 Å². The number of hydrogen-bond donors (Lipinski definition) is 2. The summed E-state index contributed by atoms with van der Waals surface area (Å²) in [6, 6.07) is 10.8. The molecule has 0 spiro atoms. The average molecular weight is 315 g/mol. The molecular weight excluding hydrogens is 298 g/mol. The number of aromatic nitrogens is 3. The Hall–Kier alpha value is -2.80. The molecule has 2 N–H and O–H groups in total. The van der Waals surface area contributed by atoms with E-state index in [4.69, 9.17) is 19.0 Å². The quantitative estimate of drug-likeness (QED) is 0.696. The topological polar surface area (TPSA) is 93.4 Å². The number of hydrogen-bond acceptors (Lipinski definition) is 6. The Balaban J connectivity index is 1.60. The fourth-order valence-corrected chi connectivity index (χ4v) is 2.00. The summed E-state index contributed by atoms with van der Waals surface area (Å²) in [4.78, 5) is 4.30. The highest BCUT2D eigenvalue weighted by Gasteiger charge is 2.10. The van der Waals surface area contributed by atoms with Crippen LogP contribution in [0, 0.1) is 0 Å². The zero-order chi connectivity index (χ0) is 16.1. The number of aliphatic hydroxyl groups excluding tert-OH is 1. The molecular formula is C16H17N3O4. The van der Waals surface area contributed by atoms with E-state index in [9.17, 15) is 0 Å². The predicted octanol–water partition coefficient (Wildman–Crippen LogP) is 2.53. The zero-order valence-electron chi connectivity index (χ0n) is 12.7. The first kappa shape index (κ1) is 15.1. The summed E-state index contributed by atoms with van der Waals surface area (Å²) in [5.74, 6) is 3.49. The molecule has 0 radical (unpaired) electrons. The summed E-state index contributed by atoms with van der Waals surface area (Å²) < 4.78 is 16.4. The van der Waals surface area contributed by atoms with Crippen molar-refractivity contribution in [3.8, 4) is 23.1 Å². The third-order valence-electron chi connectivity index (χ3n) is 3.08. The molecule has 120 valence electrons. The van der Waals surface area contributed by atoms with Crippen molar-refractivity contribution in [3.05, 3.63) is 48.0 Å². The van der Waals surface area contributed by atoms with E-state index in [-0.39, 0.29) is 13.2 Å². The molecule has 3 aromatic rings. The Morgan fingerprint density at radius 2 is 1.83 bits per heavy atom. The number of rotatable bonds is 7. The predicted molar refractivity (Wildman–Crippen MR) is 82.0 cm³/mol. The maximum atomic E-state index is 9.00. The lowest BCUT2D eigenvalue weighted by molar-refractivity contribution is 0.248. The number of aromatic amines is 1. The molecule has 0 bridgehead atoms. The first-order chi connectivity index (χ1) is 11.3. The third kappa shape index (κ3) is 3.70. The molecule has 1 aromatic carbocycles. The van der Waals surface area contributed by atoms with Crippen LogP contribution in [0.3, 0.4) is 0 Å². The van der Waals surface area contributed by atoms with Gasteiger partial charge in [-0.2, -0.15) is 0 Å². The van der Waals surface area contributed by atoms with E-state index < -0.39 is 0 Å². The Morgan fingerprint density at radius 1 is 1.09 bits per heavy atom. The third-order valence-corrected chi connectivity index (χ3v) is 3.08. The van der Waals surface area contributed by atoms with Crippen LogP contribution < -0.4 is 9.47 Å². The second-order valence-corrected chi connectivity index (χ2v) is 4.72. The van der Waals surface area contributed by atoms with Crippen LogP contribution in [0.25, 0.3) is 11.6 Å². The van der Waals surface area contributed by atoms with Crippen LogP contribution in [0.2, 0.25) is 0 Å². The summed E-state index contributed by atoms with van der Waals surface area (Å²) in [5, 5.41) is 15.9. The van der Waals surface area contributed by atoms with E-state index in [2.05, 4.69) is 15.2 Å². The van der Waals surface area contributed by atoms with Gasteiger partial charge in [-0.1, -0.05) is 0 Å². The van der Waals surface area contributed by atoms with Gasteiger partial charge in [0, 0.05) is 0 Å². The van der Waals surface area contributed by atoms with E-state index in [1.807, 2.05) is 31.2 Å². The van der Waals surface area contributed by atoms with Gasteiger partial charge in [-0.05, 0) is 43.3 Å². The van der Waals surface area contributed by atoms with Gasteiger partial charge < -0.3 is 19.0 Å². The number of furan rings is 1. The molecule has 0 aliphatic rings. The van der Waals surface area contributed by atoms with Crippen molar-refractivity contribution in [2.75, 3.05) is 6.61 Å². The van der Waals surface area contributed by atoms with Crippen LogP contribution in [0.5, 0.6) is 11.5 Å². The summed E-state index contributed by atoms with van der Waals surface area (Å²) in [6.45, 7) is 2.67. The summed E-state index contributed by atoms with van der Waals surface area (Å²) >= 11 is 0. The SMILES string of the molecule is CCOc1ccc(OCc2nc(-c3ccc(CO)o3)n[nH]2)cc1. The number of aliphatic hydroxyl groups is 1. The van der Waals surface area contributed by atoms with E-state index in [1.54, 1.807) is 12.1 Å². The number of H-pyrrole nitrogens is 1. The van der Waals surface area contributed by atoms with Gasteiger partial charge in [-0.25, -0.2) is 4.98 Å².